The molecule has 23 heavy (non-hydrogen) atoms. The molecule has 0 N–H and O–H groups in total. The molecule has 118 valence electrons. The smallest absolute Gasteiger partial charge is 0.244 e. The summed E-state index contributed by atoms with van der Waals surface area (Å²) in [5.74, 6) is 3.22. The number of nitrogens with zero attached hydrogens (tertiary/aromatic N) is 6. The molecule has 0 fully saturated rings. The van der Waals surface area contributed by atoms with Gasteiger partial charge in [-0.2, -0.15) is 4.98 Å². The van der Waals surface area contributed by atoms with Crippen LogP contribution in [0, 0.1) is 6.92 Å². The Labute approximate surface area is 134 Å². The molecule has 0 radical (unpaired) electrons. The van der Waals surface area contributed by atoms with Crippen LogP contribution in [0.25, 0.3) is 11.4 Å². The van der Waals surface area contributed by atoms with Crippen LogP contribution < -0.4 is 0 Å². The van der Waals surface area contributed by atoms with E-state index >= 15 is 0 Å². The summed E-state index contributed by atoms with van der Waals surface area (Å²) in [6, 6.07) is 9.91. The summed E-state index contributed by atoms with van der Waals surface area (Å²) in [5, 5.41) is 12.5. The number of aryl methyl sites for hydroxylation is 1. The standard InChI is InChI=1S/C16H18N6O/c1-11(21-8-9-22-12(2)18-19-14(22)10-21)16-17-15(20-23-16)13-6-4-3-5-7-13/h3-7,11H,8-10H2,1-2H3/t11-/m0/s1. The number of fused-ring (bicyclic) bond motifs is 1. The largest absolute Gasteiger partial charge is 0.337 e. The lowest BCUT2D eigenvalue weighted by Gasteiger charge is -2.30. The summed E-state index contributed by atoms with van der Waals surface area (Å²) in [6.45, 7) is 6.61. The first-order valence-electron chi connectivity index (χ1n) is 7.74. The van der Waals surface area contributed by atoms with Gasteiger partial charge in [0.1, 0.15) is 11.6 Å². The van der Waals surface area contributed by atoms with Crippen molar-refractivity contribution in [1.82, 2.24) is 29.8 Å². The molecule has 3 aromatic rings. The lowest BCUT2D eigenvalue weighted by Crippen LogP contribution is -2.36. The predicted molar refractivity (Wildman–Crippen MR) is 83.3 cm³/mol. The Hall–Kier alpha value is -2.54. The number of hydrogen-bond donors (Lipinski definition) is 0. The maximum Gasteiger partial charge on any atom is 0.244 e. The van der Waals surface area contributed by atoms with Gasteiger partial charge in [0.15, 0.2) is 0 Å². The molecular weight excluding hydrogens is 292 g/mol. The van der Waals surface area contributed by atoms with Gasteiger partial charge in [-0.15, -0.1) is 10.2 Å². The van der Waals surface area contributed by atoms with Gasteiger partial charge in [0.05, 0.1) is 12.6 Å². The lowest BCUT2D eigenvalue weighted by molar-refractivity contribution is 0.135. The number of benzene rings is 1. The fourth-order valence-electron chi connectivity index (χ4n) is 2.92. The molecule has 0 saturated carbocycles. The van der Waals surface area contributed by atoms with Gasteiger partial charge in [-0.25, -0.2) is 0 Å². The molecule has 1 aliphatic rings. The molecule has 0 bridgehead atoms. The van der Waals surface area contributed by atoms with E-state index in [4.69, 9.17) is 4.52 Å². The van der Waals surface area contributed by atoms with Gasteiger partial charge in [0.2, 0.25) is 11.7 Å². The molecule has 7 heteroatoms. The van der Waals surface area contributed by atoms with Gasteiger partial charge in [-0.3, -0.25) is 4.90 Å². The molecule has 1 atom stereocenters. The van der Waals surface area contributed by atoms with E-state index in [1.54, 1.807) is 0 Å². The molecule has 3 heterocycles. The van der Waals surface area contributed by atoms with E-state index in [2.05, 4.69) is 36.7 Å². The zero-order valence-corrected chi connectivity index (χ0v) is 13.2. The molecule has 0 spiro atoms. The van der Waals surface area contributed by atoms with Crippen LogP contribution in [0.3, 0.4) is 0 Å². The average molecular weight is 310 g/mol. The summed E-state index contributed by atoms with van der Waals surface area (Å²) in [7, 11) is 0. The van der Waals surface area contributed by atoms with Gasteiger partial charge < -0.3 is 9.09 Å². The lowest BCUT2D eigenvalue weighted by atomic mass is 10.2. The molecule has 2 aromatic heterocycles. The van der Waals surface area contributed by atoms with Crippen LogP contribution in [-0.4, -0.2) is 36.3 Å². The van der Waals surface area contributed by atoms with Crippen molar-refractivity contribution >= 4 is 0 Å². The first-order valence-corrected chi connectivity index (χ1v) is 7.74. The van der Waals surface area contributed by atoms with E-state index in [9.17, 15) is 0 Å². The molecule has 1 aliphatic heterocycles. The third-order valence-corrected chi connectivity index (χ3v) is 4.35. The maximum atomic E-state index is 5.48. The molecule has 4 rings (SSSR count). The van der Waals surface area contributed by atoms with Crippen molar-refractivity contribution < 1.29 is 4.52 Å². The molecule has 0 amide bonds. The minimum absolute atomic E-state index is 0.0470. The molecule has 7 nitrogen and oxygen atoms in total. The number of aromatic nitrogens is 5. The van der Waals surface area contributed by atoms with Gasteiger partial charge in [-0.1, -0.05) is 35.5 Å². The Morgan fingerprint density at radius 3 is 2.78 bits per heavy atom. The Kier molecular flexibility index (Phi) is 3.42. The first-order chi connectivity index (χ1) is 11.2. The Balaban J connectivity index is 1.54. The van der Waals surface area contributed by atoms with Gasteiger partial charge >= 0.3 is 0 Å². The van der Waals surface area contributed by atoms with Crippen molar-refractivity contribution in [2.45, 2.75) is 33.0 Å². The van der Waals surface area contributed by atoms with Crippen LogP contribution in [0.2, 0.25) is 0 Å². The summed E-state index contributed by atoms with van der Waals surface area (Å²) < 4.78 is 7.64. The third-order valence-electron chi connectivity index (χ3n) is 4.35. The summed E-state index contributed by atoms with van der Waals surface area (Å²) in [4.78, 5) is 6.84. The van der Waals surface area contributed by atoms with Crippen LogP contribution in [0.4, 0.5) is 0 Å². The van der Waals surface area contributed by atoms with Crippen molar-refractivity contribution in [3.8, 4) is 11.4 Å². The normalized spacial score (nSPS) is 16.3. The molecule has 0 aliphatic carbocycles. The van der Waals surface area contributed by atoms with E-state index in [1.807, 2.05) is 37.3 Å². The fraction of sp³-hybridized carbons (Fsp3) is 0.375. The van der Waals surface area contributed by atoms with Gasteiger partial charge in [0.25, 0.3) is 0 Å². The second-order valence-electron chi connectivity index (χ2n) is 5.78. The van der Waals surface area contributed by atoms with Crippen molar-refractivity contribution in [1.29, 1.82) is 0 Å². The SMILES string of the molecule is Cc1nnc2n1CCN([C@@H](C)c1nc(-c3ccccc3)no1)C2. The van der Waals surface area contributed by atoms with Crippen LogP contribution in [0.5, 0.6) is 0 Å². The summed E-state index contributed by atoms with van der Waals surface area (Å²) in [5.41, 5.74) is 0.962. The molecule has 1 aromatic carbocycles. The minimum atomic E-state index is 0.0470. The van der Waals surface area contributed by atoms with Gasteiger partial charge in [-0.05, 0) is 13.8 Å². The number of hydrogen-bond acceptors (Lipinski definition) is 6. The topological polar surface area (TPSA) is 72.9 Å². The first kappa shape index (κ1) is 14.1. The van der Waals surface area contributed by atoms with Crippen molar-refractivity contribution in [3.63, 3.8) is 0 Å². The highest BCUT2D eigenvalue weighted by molar-refractivity contribution is 5.53. The summed E-state index contributed by atoms with van der Waals surface area (Å²) >= 11 is 0. The number of rotatable bonds is 3. The highest BCUT2D eigenvalue weighted by atomic mass is 16.5. The second-order valence-corrected chi connectivity index (χ2v) is 5.78. The van der Waals surface area contributed by atoms with E-state index < -0.39 is 0 Å². The Morgan fingerprint density at radius 1 is 1.13 bits per heavy atom. The van der Waals surface area contributed by atoms with E-state index in [0.717, 1.165) is 36.8 Å². The summed E-state index contributed by atoms with van der Waals surface area (Å²) in [6.07, 6.45) is 0. The second kappa shape index (κ2) is 5.58. The van der Waals surface area contributed by atoms with Crippen LogP contribution in [0.15, 0.2) is 34.9 Å². The molecular formula is C16H18N6O. The van der Waals surface area contributed by atoms with Crippen molar-refractivity contribution in [2.75, 3.05) is 6.54 Å². The maximum absolute atomic E-state index is 5.48. The minimum Gasteiger partial charge on any atom is -0.337 e. The fourth-order valence-corrected chi connectivity index (χ4v) is 2.92. The Bertz CT molecular complexity index is 809. The molecule has 0 saturated heterocycles. The van der Waals surface area contributed by atoms with E-state index in [0.29, 0.717) is 11.7 Å². The predicted octanol–water partition coefficient (Wildman–Crippen LogP) is 2.21. The van der Waals surface area contributed by atoms with Crippen LogP contribution >= 0.6 is 0 Å². The zero-order chi connectivity index (χ0) is 15.8. The average Bonchev–Trinajstić information content (AvgIpc) is 3.22. The monoisotopic (exact) mass is 310 g/mol. The third kappa shape index (κ3) is 2.53. The van der Waals surface area contributed by atoms with Crippen molar-refractivity contribution in [2.24, 2.45) is 0 Å². The molecule has 0 unspecified atom stereocenters. The highest BCUT2D eigenvalue weighted by Crippen LogP contribution is 2.25. The highest BCUT2D eigenvalue weighted by Gasteiger charge is 2.27. The van der Waals surface area contributed by atoms with Crippen molar-refractivity contribution in [3.05, 3.63) is 47.9 Å². The van der Waals surface area contributed by atoms with Crippen LogP contribution in [-0.2, 0) is 13.1 Å². The quantitative estimate of drug-likeness (QED) is 0.738. The van der Waals surface area contributed by atoms with Crippen LogP contribution in [0.1, 0.15) is 30.5 Å². The van der Waals surface area contributed by atoms with Gasteiger partial charge in [0, 0.05) is 18.7 Å². The van der Waals surface area contributed by atoms with E-state index in [1.165, 1.54) is 0 Å². The Morgan fingerprint density at radius 2 is 1.96 bits per heavy atom. The van der Waals surface area contributed by atoms with E-state index in [-0.39, 0.29) is 6.04 Å². The zero-order valence-electron chi connectivity index (χ0n) is 13.2.